The van der Waals surface area contributed by atoms with Crippen LogP contribution in [0.5, 0.6) is 5.75 Å². The van der Waals surface area contributed by atoms with E-state index in [4.69, 9.17) is 34.8 Å². The molecule has 0 saturated carbocycles. The van der Waals surface area contributed by atoms with Crippen LogP contribution in [0.3, 0.4) is 0 Å². The fourth-order valence-electron chi connectivity index (χ4n) is 3.06. The predicted molar refractivity (Wildman–Crippen MR) is 131 cm³/mol. The van der Waals surface area contributed by atoms with Crippen molar-refractivity contribution < 1.29 is 10.0 Å². The van der Waals surface area contributed by atoms with Gasteiger partial charge in [-0.15, -0.1) is 0 Å². The van der Waals surface area contributed by atoms with Crippen LogP contribution in [0.2, 0.25) is 15.1 Å². The Morgan fingerprint density at radius 3 is 2.53 bits per heavy atom. The Labute approximate surface area is 200 Å². The number of hydrogen-bond acceptors (Lipinski definition) is 5. The van der Waals surface area contributed by atoms with E-state index in [9.17, 15) is 15.2 Å². The number of aliphatic imine (C=N–C) groups is 1. The number of nitro benzene ring substituents is 1. The number of nitro groups is 1. The first-order valence-electron chi connectivity index (χ1n) is 9.77. The summed E-state index contributed by atoms with van der Waals surface area (Å²) in [5.41, 5.74) is 2.98. The smallest absolute Gasteiger partial charge is 0.271 e. The molecule has 0 aliphatic rings. The van der Waals surface area contributed by atoms with Crippen molar-refractivity contribution in [1.82, 2.24) is 0 Å². The second-order valence-electron chi connectivity index (χ2n) is 7.02. The SMILES string of the molecule is O=[N+]([O-])c1ccc(NCCCN=Cc2cc(Cc3ccccc3Cl)cc(Cl)c2O)c(Cl)c1. The molecule has 0 unspecified atom stereocenters. The number of nitrogens with zero attached hydrogens (tertiary/aromatic N) is 2. The van der Waals surface area contributed by atoms with E-state index in [0.717, 1.165) is 11.1 Å². The van der Waals surface area contributed by atoms with Crippen molar-refractivity contribution in [2.45, 2.75) is 12.8 Å². The topological polar surface area (TPSA) is 87.8 Å². The van der Waals surface area contributed by atoms with Crippen LogP contribution in [-0.2, 0) is 6.42 Å². The predicted octanol–water partition coefficient (Wildman–Crippen LogP) is 6.77. The number of nitrogens with one attached hydrogen (secondary N) is 1. The van der Waals surface area contributed by atoms with Crippen LogP contribution in [0.15, 0.2) is 59.6 Å². The van der Waals surface area contributed by atoms with Gasteiger partial charge >= 0.3 is 0 Å². The molecule has 2 N–H and O–H groups in total. The van der Waals surface area contributed by atoms with Crippen molar-refractivity contribution in [1.29, 1.82) is 0 Å². The first kappa shape index (κ1) is 23.9. The van der Waals surface area contributed by atoms with Crippen LogP contribution in [-0.4, -0.2) is 29.3 Å². The third-order valence-corrected chi connectivity index (χ3v) is 5.65. The van der Waals surface area contributed by atoms with Crippen LogP contribution in [0, 0.1) is 10.1 Å². The van der Waals surface area contributed by atoms with E-state index in [1.165, 1.54) is 12.1 Å². The van der Waals surface area contributed by atoms with Crippen LogP contribution in [0.4, 0.5) is 11.4 Å². The maximum atomic E-state index is 10.8. The molecule has 9 heteroatoms. The quantitative estimate of drug-likeness (QED) is 0.149. The lowest BCUT2D eigenvalue weighted by Gasteiger charge is -2.09. The Morgan fingerprint density at radius 1 is 1.03 bits per heavy atom. The first-order valence-corrected chi connectivity index (χ1v) is 10.9. The summed E-state index contributed by atoms with van der Waals surface area (Å²) >= 11 is 18.5. The van der Waals surface area contributed by atoms with Gasteiger partial charge in [0.05, 0.1) is 20.7 Å². The lowest BCUT2D eigenvalue weighted by Crippen LogP contribution is -2.04. The Morgan fingerprint density at radius 2 is 1.81 bits per heavy atom. The van der Waals surface area contributed by atoms with Crippen molar-refractivity contribution in [2.24, 2.45) is 4.99 Å². The minimum Gasteiger partial charge on any atom is -0.506 e. The summed E-state index contributed by atoms with van der Waals surface area (Å²) in [7, 11) is 0. The maximum absolute atomic E-state index is 10.8. The van der Waals surface area contributed by atoms with E-state index in [1.807, 2.05) is 30.3 Å². The fraction of sp³-hybridized carbons (Fsp3) is 0.174. The molecule has 0 aromatic heterocycles. The molecule has 0 aliphatic carbocycles. The first-order chi connectivity index (χ1) is 15.3. The number of hydrogen-bond donors (Lipinski definition) is 2. The summed E-state index contributed by atoms with van der Waals surface area (Å²) in [5, 5.41) is 25.4. The van der Waals surface area contributed by atoms with E-state index < -0.39 is 4.92 Å². The molecular formula is C23H20Cl3N3O3. The molecule has 0 aliphatic heterocycles. The average molecular weight is 493 g/mol. The largest absolute Gasteiger partial charge is 0.506 e. The monoisotopic (exact) mass is 491 g/mol. The highest BCUT2D eigenvalue weighted by molar-refractivity contribution is 6.33. The molecule has 3 aromatic carbocycles. The summed E-state index contributed by atoms with van der Waals surface area (Å²) in [6.45, 7) is 1.08. The van der Waals surface area contributed by atoms with Gasteiger partial charge in [-0.2, -0.15) is 0 Å². The molecular weight excluding hydrogens is 473 g/mol. The van der Waals surface area contributed by atoms with Crippen molar-refractivity contribution in [3.63, 3.8) is 0 Å². The number of non-ortho nitro benzene ring substituents is 1. The van der Waals surface area contributed by atoms with Gasteiger partial charge in [0, 0.05) is 42.0 Å². The molecule has 3 aromatic rings. The number of anilines is 1. The Kier molecular flexibility index (Phi) is 8.33. The van der Waals surface area contributed by atoms with Crippen LogP contribution in [0.25, 0.3) is 0 Å². The third kappa shape index (κ3) is 6.36. The molecule has 0 atom stereocenters. The zero-order valence-electron chi connectivity index (χ0n) is 16.9. The molecule has 0 radical (unpaired) electrons. The van der Waals surface area contributed by atoms with Crippen LogP contribution >= 0.6 is 34.8 Å². The number of phenolic OH excluding ortho intramolecular Hbond substituents is 1. The molecule has 0 bridgehead atoms. The minimum atomic E-state index is -0.491. The summed E-state index contributed by atoms with van der Waals surface area (Å²) < 4.78 is 0. The number of benzene rings is 3. The van der Waals surface area contributed by atoms with Gasteiger partial charge in [0.1, 0.15) is 5.75 Å². The van der Waals surface area contributed by atoms with E-state index in [1.54, 1.807) is 18.3 Å². The lowest BCUT2D eigenvalue weighted by atomic mass is 10.0. The maximum Gasteiger partial charge on any atom is 0.271 e. The van der Waals surface area contributed by atoms with E-state index in [0.29, 0.717) is 42.2 Å². The van der Waals surface area contributed by atoms with Crippen molar-refractivity contribution in [3.05, 3.63) is 96.5 Å². The summed E-state index contributed by atoms with van der Waals surface area (Å²) in [5.74, 6) is -0.0193. The Hall–Kier alpha value is -2.80. The zero-order chi connectivity index (χ0) is 23.1. The summed E-state index contributed by atoms with van der Waals surface area (Å²) in [4.78, 5) is 14.6. The molecule has 0 saturated heterocycles. The van der Waals surface area contributed by atoms with E-state index >= 15 is 0 Å². The fourth-order valence-corrected chi connectivity index (χ4v) is 3.75. The Bertz CT molecular complexity index is 1150. The van der Waals surface area contributed by atoms with Crippen molar-refractivity contribution in [2.75, 3.05) is 18.4 Å². The lowest BCUT2D eigenvalue weighted by molar-refractivity contribution is -0.384. The van der Waals surface area contributed by atoms with Gasteiger partial charge in [0.2, 0.25) is 0 Å². The van der Waals surface area contributed by atoms with Gasteiger partial charge in [-0.3, -0.25) is 15.1 Å². The van der Waals surface area contributed by atoms with Gasteiger partial charge in [-0.25, -0.2) is 0 Å². The van der Waals surface area contributed by atoms with Crippen LogP contribution < -0.4 is 5.32 Å². The molecule has 0 heterocycles. The highest BCUT2D eigenvalue weighted by Gasteiger charge is 2.10. The molecule has 0 fully saturated rings. The molecule has 6 nitrogen and oxygen atoms in total. The van der Waals surface area contributed by atoms with Gasteiger partial charge < -0.3 is 10.4 Å². The van der Waals surface area contributed by atoms with Gasteiger partial charge in [0.15, 0.2) is 0 Å². The summed E-state index contributed by atoms with van der Waals surface area (Å²) in [6, 6.07) is 15.4. The standard InChI is InChI=1S/C23H20Cl3N3O3/c24-19-5-2-1-4-16(19)10-15-11-17(23(30)21(26)12-15)14-27-8-3-9-28-22-7-6-18(29(31)32)13-20(22)25/h1-2,4-7,11-14,28,30H,3,8-10H2. The number of halogens is 3. The highest BCUT2D eigenvalue weighted by Crippen LogP contribution is 2.30. The molecule has 0 spiro atoms. The number of aromatic hydroxyl groups is 1. The van der Waals surface area contributed by atoms with Crippen LogP contribution in [0.1, 0.15) is 23.1 Å². The molecule has 32 heavy (non-hydrogen) atoms. The second-order valence-corrected chi connectivity index (χ2v) is 8.24. The van der Waals surface area contributed by atoms with Crippen molar-refractivity contribution >= 4 is 52.4 Å². The average Bonchev–Trinajstić information content (AvgIpc) is 2.76. The third-order valence-electron chi connectivity index (χ3n) is 4.68. The second kappa shape index (κ2) is 11.2. The normalized spacial score (nSPS) is 11.1. The van der Waals surface area contributed by atoms with Gasteiger partial charge in [-0.05, 0) is 48.2 Å². The molecule has 3 rings (SSSR count). The van der Waals surface area contributed by atoms with Crippen molar-refractivity contribution in [3.8, 4) is 5.75 Å². The summed E-state index contributed by atoms with van der Waals surface area (Å²) in [6.07, 6.45) is 2.87. The zero-order valence-corrected chi connectivity index (χ0v) is 19.2. The number of rotatable bonds is 9. The highest BCUT2D eigenvalue weighted by atomic mass is 35.5. The van der Waals surface area contributed by atoms with E-state index in [2.05, 4.69) is 10.3 Å². The van der Waals surface area contributed by atoms with Gasteiger partial charge in [0.25, 0.3) is 5.69 Å². The molecule has 0 amide bonds. The number of phenols is 1. The minimum absolute atomic E-state index is 0.0193. The Balaban J connectivity index is 1.56. The van der Waals surface area contributed by atoms with E-state index in [-0.39, 0.29) is 21.5 Å². The molecule has 166 valence electrons. The van der Waals surface area contributed by atoms with Gasteiger partial charge in [-0.1, -0.05) is 53.0 Å².